The van der Waals surface area contributed by atoms with Crippen LogP contribution in [0, 0.1) is 22.7 Å². The number of carbonyl (C=O) groups excluding carboxylic acids is 4. The number of ketones is 2. The Morgan fingerprint density at radius 3 is 2.39 bits per heavy atom. The normalized spacial score (nSPS) is 38.5. The molecule has 1 heterocycles. The van der Waals surface area contributed by atoms with Crippen molar-refractivity contribution in [1.29, 1.82) is 0 Å². The lowest BCUT2D eigenvalue weighted by Crippen LogP contribution is -2.79. The van der Waals surface area contributed by atoms with Crippen molar-refractivity contribution in [2.45, 2.75) is 71.7 Å². The zero-order valence-electron chi connectivity index (χ0n) is 18.4. The molecule has 0 radical (unpaired) electrons. The van der Waals surface area contributed by atoms with Gasteiger partial charge in [-0.2, -0.15) is 0 Å². The van der Waals surface area contributed by atoms with Gasteiger partial charge in [0.1, 0.15) is 17.1 Å². The number of hydrogen-bond acceptors (Lipinski definition) is 8. The second kappa shape index (κ2) is 6.76. The van der Waals surface area contributed by atoms with Gasteiger partial charge in [-0.25, -0.2) is 0 Å². The van der Waals surface area contributed by atoms with Crippen molar-refractivity contribution >= 4 is 23.5 Å². The minimum atomic E-state index is -1.87. The molecule has 1 aromatic heterocycles. The Labute approximate surface area is 180 Å². The highest BCUT2D eigenvalue weighted by molar-refractivity contribution is 6.02. The summed E-state index contributed by atoms with van der Waals surface area (Å²) in [5.74, 6) is -3.11. The van der Waals surface area contributed by atoms with E-state index in [1.165, 1.54) is 20.1 Å². The highest BCUT2D eigenvalue weighted by atomic mass is 16.6. The van der Waals surface area contributed by atoms with E-state index in [2.05, 4.69) is 0 Å². The van der Waals surface area contributed by atoms with Gasteiger partial charge in [0.05, 0.1) is 23.2 Å². The van der Waals surface area contributed by atoms with E-state index in [1.54, 1.807) is 13.0 Å². The van der Waals surface area contributed by atoms with Crippen LogP contribution >= 0.6 is 0 Å². The molecule has 3 aliphatic carbocycles. The first-order chi connectivity index (χ1) is 14.4. The predicted octanol–water partition coefficient (Wildman–Crippen LogP) is 2.25. The fourth-order valence-corrected chi connectivity index (χ4v) is 6.39. The number of esters is 2. The third-order valence-electron chi connectivity index (χ3n) is 7.93. The average Bonchev–Trinajstić information content (AvgIpc) is 3.14. The van der Waals surface area contributed by atoms with Crippen LogP contribution in [0.4, 0.5) is 0 Å². The van der Waals surface area contributed by atoms with Crippen LogP contribution in [0.1, 0.15) is 63.6 Å². The third-order valence-corrected chi connectivity index (χ3v) is 7.93. The van der Waals surface area contributed by atoms with Gasteiger partial charge in [0.2, 0.25) is 0 Å². The molecule has 3 aliphatic rings. The van der Waals surface area contributed by atoms with E-state index in [0.29, 0.717) is 17.7 Å². The quantitative estimate of drug-likeness (QED) is 0.707. The van der Waals surface area contributed by atoms with E-state index in [4.69, 9.17) is 13.9 Å². The maximum atomic E-state index is 13.5. The van der Waals surface area contributed by atoms with E-state index in [1.807, 2.05) is 13.8 Å². The smallest absolute Gasteiger partial charge is 0.303 e. The summed E-state index contributed by atoms with van der Waals surface area (Å²) in [5, 5.41) is 12.3. The minimum Gasteiger partial charge on any atom is -0.469 e. The standard InChI is InChI=1S/C23H28O8/c1-11(24)30-19-17-14(10-15-13(18(17)27)7-9-29-15)22(5)16(26)6-8-21(3,4)23(22,28)20(19)31-12(2)25/h7,9,14,17,19-20,28H,6,8,10H2,1-5H3. The van der Waals surface area contributed by atoms with Crippen molar-refractivity contribution in [3.8, 4) is 0 Å². The predicted molar refractivity (Wildman–Crippen MR) is 106 cm³/mol. The van der Waals surface area contributed by atoms with Crippen LogP contribution in [-0.2, 0) is 30.3 Å². The third kappa shape index (κ3) is 2.70. The Hall–Kier alpha value is -2.48. The van der Waals surface area contributed by atoms with Gasteiger partial charge in [0.25, 0.3) is 0 Å². The maximum absolute atomic E-state index is 13.5. The summed E-state index contributed by atoms with van der Waals surface area (Å²) in [5.41, 5.74) is -3.80. The second-order valence-corrected chi connectivity index (χ2v) is 9.84. The molecule has 2 saturated carbocycles. The molecule has 168 valence electrons. The van der Waals surface area contributed by atoms with Crippen molar-refractivity contribution in [1.82, 2.24) is 0 Å². The van der Waals surface area contributed by atoms with Crippen LogP contribution in [-0.4, -0.2) is 46.4 Å². The van der Waals surface area contributed by atoms with Crippen molar-refractivity contribution in [2.24, 2.45) is 22.7 Å². The maximum Gasteiger partial charge on any atom is 0.303 e. The van der Waals surface area contributed by atoms with E-state index in [-0.39, 0.29) is 24.4 Å². The number of aliphatic hydroxyl groups is 1. The second-order valence-electron chi connectivity index (χ2n) is 9.84. The van der Waals surface area contributed by atoms with Gasteiger partial charge in [-0.05, 0) is 30.7 Å². The summed E-state index contributed by atoms with van der Waals surface area (Å²) in [7, 11) is 0. The molecule has 4 rings (SSSR count). The van der Waals surface area contributed by atoms with Crippen LogP contribution in [0.3, 0.4) is 0 Å². The molecule has 8 nitrogen and oxygen atoms in total. The number of Topliss-reactive ketones (excluding diaryl/α,β-unsaturated/α-hetero) is 2. The molecular formula is C23H28O8. The molecule has 0 aromatic carbocycles. The first kappa shape index (κ1) is 21.7. The molecule has 1 N–H and O–H groups in total. The van der Waals surface area contributed by atoms with Crippen LogP contribution in [0.15, 0.2) is 16.7 Å². The van der Waals surface area contributed by atoms with Gasteiger partial charge in [0.15, 0.2) is 18.0 Å². The average molecular weight is 432 g/mol. The summed E-state index contributed by atoms with van der Waals surface area (Å²) in [6, 6.07) is 1.55. The Morgan fingerprint density at radius 1 is 1.13 bits per heavy atom. The Bertz CT molecular complexity index is 974. The molecule has 6 atom stereocenters. The van der Waals surface area contributed by atoms with Crippen LogP contribution in [0.5, 0.6) is 0 Å². The Kier molecular flexibility index (Phi) is 4.74. The molecule has 31 heavy (non-hydrogen) atoms. The van der Waals surface area contributed by atoms with Crippen molar-refractivity contribution < 1.29 is 38.2 Å². The number of hydrogen-bond donors (Lipinski definition) is 1. The first-order valence-electron chi connectivity index (χ1n) is 10.6. The van der Waals surface area contributed by atoms with Gasteiger partial charge < -0.3 is 19.0 Å². The summed E-state index contributed by atoms with van der Waals surface area (Å²) in [6.45, 7) is 7.65. The fraction of sp³-hybridized carbons (Fsp3) is 0.652. The number of ether oxygens (including phenoxy) is 2. The van der Waals surface area contributed by atoms with Crippen molar-refractivity contribution in [2.75, 3.05) is 0 Å². The minimum absolute atomic E-state index is 0.203. The zero-order valence-corrected chi connectivity index (χ0v) is 18.4. The summed E-state index contributed by atoms with van der Waals surface area (Å²) < 4.78 is 16.7. The number of fused-ring (bicyclic) bond motifs is 4. The van der Waals surface area contributed by atoms with Crippen LogP contribution in [0.25, 0.3) is 0 Å². The first-order valence-corrected chi connectivity index (χ1v) is 10.6. The highest BCUT2D eigenvalue weighted by Crippen LogP contribution is 2.65. The summed E-state index contributed by atoms with van der Waals surface area (Å²) in [4.78, 5) is 51.2. The molecule has 8 heteroatoms. The monoisotopic (exact) mass is 432 g/mol. The molecular weight excluding hydrogens is 404 g/mol. The van der Waals surface area contributed by atoms with Gasteiger partial charge in [-0.3, -0.25) is 19.2 Å². The van der Waals surface area contributed by atoms with E-state index < -0.39 is 52.4 Å². The Morgan fingerprint density at radius 2 is 1.77 bits per heavy atom. The van der Waals surface area contributed by atoms with Gasteiger partial charge in [-0.15, -0.1) is 0 Å². The molecule has 0 spiro atoms. The molecule has 0 amide bonds. The largest absolute Gasteiger partial charge is 0.469 e. The number of rotatable bonds is 2. The van der Waals surface area contributed by atoms with Crippen LogP contribution in [0.2, 0.25) is 0 Å². The number of furan rings is 1. The molecule has 0 bridgehead atoms. The highest BCUT2D eigenvalue weighted by Gasteiger charge is 2.77. The molecule has 1 aromatic rings. The lowest BCUT2D eigenvalue weighted by molar-refractivity contribution is -0.296. The lowest BCUT2D eigenvalue weighted by Gasteiger charge is -2.66. The molecule has 2 fully saturated rings. The van der Waals surface area contributed by atoms with E-state index >= 15 is 0 Å². The van der Waals surface area contributed by atoms with Crippen LogP contribution < -0.4 is 0 Å². The summed E-state index contributed by atoms with van der Waals surface area (Å²) in [6.07, 6.45) is -0.393. The zero-order chi connectivity index (χ0) is 22.9. The molecule has 0 saturated heterocycles. The van der Waals surface area contributed by atoms with Gasteiger partial charge in [-0.1, -0.05) is 13.8 Å². The van der Waals surface area contributed by atoms with E-state index in [0.717, 1.165) is 0 Å². The van der Waals surface area contributed by atoms with Gasteiger partial charge >= 0.3 is 11.9 Å². The number of carbonyl (C=O) groups is 4. The lowest BCUT2D eigenvalue weighted by atomic mass is 9.40. The summed E-state index contributed by atoms with van der Waals surface area (Å²) >= 11 is 0. The SMILES string of the molecule is CC(=O)OC1C2C(=O)c3ccoc3CC2C2(C)C(=O)CCC(C)(C)C2(O)C1OC(C)=O. The molecule has 6 unspecified atom stereocenters. The van der Waals surface area contributed by atoms with E-state index in [9.17, 15) is 24.3 Å². The van der Waals surface area contributed by atoms with Gasteiger partial charge in [0, 0.05) is 26.7 Å². The topological polar surface area (TPSA) is 120 Å². The fourth-order valence-electron chi connectivity index (χ4n) is 6.39. The Balaban J connectivity index is 2.01. The molecule has 0 aliphatic heterocycles. The van der Waals surface area contributed by atoms with Crippen molar-refractivity contribution in [3.63, 3.8) is 0 Å². The van der Waals surface area contributed by atoms with Crippen molar-refractivity contribution in [3.05, 3.63) is 23.7 Å².